The molecular formula is C26H25F3N5O2+. The van der Waals surface area contributed by atoms with Crippen LogP contribution in [0, 0.1) is 12.7 Å². The van der Waals surface area contributed by atoms with Gasteiger partial charge in [-0.3, -0.25) is 9.78 Å². The standard InChI is InChI=1S/C26H24F3N5O2/c1-17-6-8-18(9-7-17)21-14-22(32-31-21)24-19(4-2-5-20(24)27)25(36)34(12-13-34)23(26(28,29)16-35)15-33-11-3-10-30-33/h2-11,14,23,35H,12-13,15-16H2,1H3/p+1/t23-/m1/s1. The Balaban J connectivity index is 1.54. The first kappa shape index (κ1) is 24.0. The van der Waals surface area contributed by atoms with Crippen molar-refractivity contribution in [3.05, 3.63) is 83.9 Å². The summed E-state index contributed by atoms with van der Waals surface area (Å²) < 4.78 is 45.9. The van der Waals surface area contributed by atoms with Gasteiger partial charge in [-0.15, -0.1) is 0 Å². The zero-order valence-electron chi connectivity index (χ0n) is 19.5. The van der Waals surface area contributed by atoms with Crippen LogP contribution in [0.2, 0.25) is 0 Å². The van der Waals surface area contributed by atoms with Gasteiger partial charge in [-0.05, 0) is 31.2 Å². The molecule has 186 valence electrons. The van der Waals surface area contributed by atoms with Crippen LogP contribution in [0.25, 0.3) is 22.5 Å². The van der Waals surface area contributed by atoms with Crippen molar-refractivity contribution in [2.45, 2.75) is 25.4 Å². The lowest BCUT2D eigenvalue weighted by molar-refractivity contribution is -0.758. The van der Waals surface area contributed by atoms with Gasteiger partial charge < -0.3 is 5.11 Å². The van der Waals surface area contributed by atoms with Crippen molar-refractivity contribution in [1.29, 1.82) is 0 Å². The van der Waals surface area contributed by atoms with Crippen LogP contribution < -0.4 is 0 Å². The average molecular weight is 497 g/mol. The fraction of sp³-hybridized carbons (Fsp3) is 0.269. The maximum Gasteiger partial charge on any atom is 0.347 e. The van der Waals surface area contributed by atoms with Gasteiger partial charge in [-0.25, -0.2) is 13.7 Å². The van der Waals surface area contributed by atoms with E-state index in [2.05, 4.69) is 15.3 Å². The number of carbonyl (C=O) groups is 1. The normalized spacial score (nSPS) is 15.6. The molecule has 4 aromatic rings. The molecule has 5 rings (SSSR count). The minimum Gasteiger partial charge on any atom is -0.390 e. The summed E-state index contributed by atoms with van der Waals surface area (Å²) in [5, 5.41) is 20.5. The summed E-state index contributed by atoms with van der Waals surface area (Å²) in [7, 11) is 0. The van der Waals surface area contributed by atoms with Gasteiger partial charge in [-0.2, -0.15) is 19.0 Å². The summed E-state index contributed by atoms with van der Waals surface area (Å²) in [6.07, 6.45) is 2.98. The molecule has 2 aromatic heterocycles. The number of nitrogens with one attached hydrogen (secondary N) is 1. The molecule has 1 aliphatic heterocycles. The van der Waals surface area contributed by atoms with Crippen LogP contribution in [0.3, 0.4) is 0 Å². The van der Waals surface area contributed by atoms with E-state index in [4.69, 9.17) is 0 Å². The molecule has 2 aromatic carbocycles. The number of amides is 1. The number of aliphatic hydroxyl groups is 1. The minimum atomic E-state index is -3.56. The van der Waals surface area contributed by atoms with Crippen LogP contribution in [0.5, 0.6) is 0 Å². The van der Waals surface area contributed by atoms with Crippen molar-refractivity contribution in [2.24, 2.45) is 0 Å². The second kappa shape index (κ2) is 9.03. The van der Waals surface area contributed by atoms with E-state index in [0.717, 1.165) is 11.1 Å². The third kappa shape index (κ3) is 4.22. The van der Waals surface area contributed by atoms with Gasteiger partial charge in [-0.1, -0.05) is 35.9 Å². The topological polar surface area (TPSA) is 83.8 Å². The highest BCUT2D eigenvalue weighted by Crippen LogP contribution is 2.41. The Morgan fingerprint density at radius 3 is 2.58 bits per heavy atom. The molecule has 0 unspecified atom stereocenters. The van der Waals surface area contributed by atoms with Crippen LogP contribution in [-0.2, 0) is 6.54 Å². The Labute approximate surface area is 205 Å². The first-order chi connectivity index (χ1) is 17.2. The summed E-state index contributed by atoms with van der Waals surface area (Å²) in [5.41, 5.74) is 2.67. The number of benzene rings is 2. The molecule has 0 aliphatic carbocycles. The second-order valence-electron chi connectivity index (χ2n) is 9.14. The molecule has 1 amide bonds. The number of rotatable bonds is 8. The Bertz CT molecular complexity index is 1380. The Morgan fingerprint density at radius 2 is 1.94 bits per heavy atom. The molecule has 0 saturated carbocycles. The number of hydrogen-bond acceptors (Lipinski definition) is 4. The number of hydrogen-bond donors (Lipinski definition) is 2. The predicted octanol–water partition coefficient (Wildman–Crippen LogP) is 4.05. The van der Waals surface area contributed by atoms with Gasteiger partial charge in [0.1, 0.15) is 25.5 Å². The lowest BCUT2D eigenvalue weighted by Gasteiger charge is -2.32. The number of H-pyrrole nitrogens is 1. The van der Waals surface area contributed by atoms with Crippen molar-refractivity contribution < 1.29 is 27.6 Å². The van der Waals surface area contributed by atoms with Gasteiger partial charge in [0.15, 0.2) is 6.04 Å². The molecule has 2 N–H and O–H groups in total. The number of aromatic amines is 1. The van der Waals surface area contributed by atoms with E-state index >= 15 is 4.39 Å². The number of alkyl halides is 2. The Morgan fingerprint density at radius 1 is 1.19 bits per heavy atom. The van der Waals surface area contributed by atoms with Crippen LogP contribution in [0.4, 0.5) is 13.2 Å². The molecule has 1 saturated heterocycles. The largest absolute Gasteiger partial charge is 0.390 e. The maximum absolute atomic E-state index is 15.2. The van der Waals surface area contributed by atoms with E-state index in [1.165, 1.54) is 35.3 Å². The van der Waals surface area contributed by atoms with Crippen LogP contribution in [-0.4, -0.2) is 67.1 Å². The highest BCUT2D eigenvalue weighted by atomic mass is 19.3. The molecule has 3 heterocycles. The van der Waals surface area contributed by atoms with Gasteiger partial charge in [0.2, 0.25) is 0 Å². The van der Waals surface area contributed by atoms with E-state index in [-0.39, 0.29) is 36.5 Å². The molecule has 7 nitrogen and oxygen atoms in total. The molecular weight excluding hydrogens is 471 g/mol. The Hall–Kier alpha value is -3.76. The highest BCUT2D eigenvalue weighted by Gasteiger charge is 2.64. The van der Waals surface area contributed by atoms with E-state index in [1.807, 2.05) is 31.2 Å². The minimum absolute atomic E-state index is 0.0224. The smallest absolute Gasteiger partial charge is 0.347 e. The van der Waals surface area contributed by atoms with E-state index in [0.29, 0.717) is 5.69 Å². The molecule has 0 radical (unpaired) electrons. The van der Waals surface area contributed by atoms with Crippen LogP contribution >= 0.6 is 0 Å². The highest BCUT2D eigenvalue weighted by molar-refractivity contribution is 5.97. The number of carbonyl (C=O) groups excluding carboxylic acids is 1. The fourth-order valence-electron chi connectivity index (χ4n) is 4.64. The number of aliphatic hydroxyl groups excluding tert-OH is 1. The average Bonchev–Trinajstić information content (AvgIpc) is 3.25. The maximum atomic E-state index is 15.2. The van der Waals surface area contributed by atoms with E-state index < -0.39 is 34.8 Å². The summed E-state index contributed by atoms with van der Waals surface area (Å²) >= 11 is 0. The lowest BCUT2D eigenvalue weighted by Crippen LogP contribution is -2.56. The molecule has 36 heavy (non-hydrogen) atoms. The van der Waals surface area contributed by atoms with Gasteiger partial charge in [0, 0.05) is 18.0 Å². The predicted molar refractivity (Wildman–Crippen MR) is 127 cm³/mol. The lowest BCUT2D eigenvalue weighted by atomic mass is 9.99. The number of nitrogens with zero attached hydrogens (tertiary/aromatic N) is 4. The summed E-state index contributed by atoms with van der Waals surface area (Å²) in [6, 6.07) is 13.3. The van der Waals surface area contributed by atoms with E-state index in [1.54, 1.807) is 12.1 Å². The fourth-order valence-corrected chi connectivity index (χ4v) is 4.64. The van der Waals surface area contributed by atoms with Crippen LogP contribution in [0.1, 0.15) is 15.9 Å². The first-order valence-electron chi connectivity index (χ1n) is 11.5. The molecule has 1 aliphatic rings. The van der Waals surface area contributed by atoms with Gasteiger partial charge in [0.25, 0.3) is 0 Å². The second-order valence-corrected chi connectivity index (χ2v) is 9.14. The van der Waals surface area contributed by atoms with Crippen molar-refractivity contribution in [3.63, 3.8) is 0 Å². The van der Waals surface area contributed by atoms with Gasteiger partial charge in [0.05, 0.1) is 29.1 Å². The molecule has 0 spiro atoms. The monoisotopic (exact) mass is 496 g/mol. The van der Waals surface area contributed by atoms with Crippen molar-refractivity contribution in [2.75, 3.05) is 19.7 Å². The third-order valence-electron chi connectivity index (χ3n) is 6.76. The number of aryl methyl sites for hydroxylation is 1. The number of quaternary nitrogens is 1. The quantitative estimate of drug-likeness (QED) is 0.285. The number of aromatic nitrogens is 4. The van der Waals surface area contributed by atoms with E-state index in [9.17, 15) is 18.7 Å². The Kier molecular flexibility index (Phi) is 6.01. The molecule has 1 fully saturated rings. The summed E-state index contributed by atoms with van der Waals surface area (Å²) in [5.74, 6) is -4.86. The van der Waals surface area contributed by atoms with Crippen molar-refractivity contribution >= 4 is 5.91 Å². The SMILES string of the molecule is Cc1ccc(-c2cc(-c3c(F)cccc3C(=O)[N+]3([C@H](Cn4cccn4)C(F)(F)CO)CC3)[nH]n2)cc1. The van der Waals surface area contributed by atoms with Crippen LogP contribution in [0.15, 0.2) is 67.0 Å². The summed E-state index contributed by atoms with van der Waals surface area (Å²) in [6.45, 7) is 0.561. The number of halogens is 3. The molecule has 10 heteroatoms. The first-order valence-corrected chi connectivity index (χ1v) is 11.5. The summed E-state index contributed by atoms with van der Waals surface area (Å²) in [4.78, 5) is 13.8. The molecule has 1 atom stereocenters. The van der Waals surface area contributed by atoms with Gasteiger partial charge >= 0.3 is 11.8 Å². The van der Waals surface area contributed by atoms with Crippen molar-refractivity contribution in [1.82, 2.24) is 20.0 Å². The van der Waals surface area contributed by atoms with Crippen molar-refractivity contribution in [3.8, 4) is 22.5 Å². The molecule has 0 bridgehead atoms. The zero-order chi connectivity index (χ0) is 25.5. The third-order valence-corrected chi connectivity index (χ3v) is 6.76. The zero-order valence-corrected chi connectivity index (χ0v) is 19.5.